The minimum atomic E-state index is -3.77. The molecule has 1 N–H and O–H groups in total. The summed E-state index contributed by atoms with van der Waals surface area (Å²) in [6, 6.07) is 11.9. The van der Waals surface area contributed by atoms with E-state index in [0.717, 1.165) is 11.3 Å². The van der Waals surface area contributed by atoms with Crippen molar-refractivity contribution in [2.45, 2.75) is 17.4 Å². The zero-order chi connectivity index (χ0) is 17.2. The molecule has 0 spiro atoms. The van der Waals surface area contributed by atoms with Crippen molar-refractivity contribution in [2.75, 3.05) is 20.8 Å². The summed E-state index contributed by atoms with van der Waals surface area (Å²) >= 11 is 0. The second kappa shape index (κ2) is 6.70. The van der Waals surface area contributed by atoms with Crippen molar-refractivity contribution in [3.63, 3.8) is 0 Å². The highest BCUT2D eigenvalue weighted by Crippen LogP contribution is 2.29. The number of ether oxygens (including phenoxy) is 3. The van der Waals surface area contributed by atoms with Crippen LogP contribution in [0.2, 0.25) is 0 Å². The molecule has 2 aromatic rings. The van der Waals surface area contributed by atoms with Gasteiger partial charge in [-0.05, 0) is 30.2 Å². The van der Waals surface area contributed by atoms with Gasteiger partial charge in [0.25, 0.3) is 0 Å². The number of fused-ring (bicyclic) bond motifs is 1. The minimum absolute atomic E-state index is 0.0446. The number of sulfonamides is 1. The third-order valence-electron chi connectivity index (χ3n) is 3.86. The summed E-state index contributed by atoms with van der Waals surface area (Å²) in [5, 5.41) is 0. The van der Waals surface area contributed by atoms with Gasteiger partial charge in [-0.2, -0.15) is 0 Å². The van der Waals surface area contributed by atoms with Gasteiger partial charge in [-0.1, -0.05) is 18.2 Å². The Morgan fingerprint density at radius 3 is 2.67 bits per heavy atom. The average molecular weight is 349 g/mol. The Bertz CT molecular complexity index is 835. The molecule has 0 aliphatic carbocycles. The molecular formula is C17H19NO5S. The van der Waals surface area contributed by atoms with Crippen LogP contribution in [-0.2, 0) is 16.4 Å². The highest BCUT2D eigenvalue weighted by molar-refractivity contribution is 7.89. The van der Waals surface area contributed by atoms with Gasteiger partial charge in [0.2, 0.25) is 10.0 Å². The predicted octanol–water partition coefficient (Wildman–Crippen LogP) is 1.99. The molecule has 0 radical (unpaired) electrons. The lowest BCUT2D eigenvalue weighted by atomic mass is 10.0. The molecule has 2 aromatic carbocycles. The number of para-hydroxylation sites is 1. The van der Waals surface area contributed by atoms with Crippen molar-refractivity contribution >= 4 is 10.0 Å². The highest BCUT2D eigenvalue weighted by atomic mass is 32.2. The van der Waals surface area contributed by atoms with E-state index in [2.05, 4.69) is 4.72 Å². The molecule has 6 nitrogen and oxygen atoms in total. The molecule has 24 heavy (non-hydrogen) atoms. The molecular weight excluding hydrogens is 330 g/mol. The van der Waals surface area contributed by atoms with Gasteiger partial charge >= 0.3 is 0 Å². The van der Waals surface area contributed by atoms with Crippen LogP contribution in [0.1, 0.15) is 5.56 Å². The summed E-state index contributed by atoms with van der Waals surface area (Å²) < 4.78 is 44.1. The van der Waals surface area contributed by atoms with Crippen molar-refractivity contribution < 1.29 is 22.6 Å². The minimum Gasteiger partial charge on any atom is -0.497 e. The Labute approximate surface area is 141 Å². The van der Waals surface area contributed by atoms with Crippen molar-refractivity contribution in [3.05, 3.63) is 48.0 Å². The van der Waals surface area contributed by atoms with Crippen LogP contribution in [0.15, 0.2) is 47.4 Å². The first-order chi connectivity index (χ1) is 11.5. The third-order valence-corrected chi connectivity index (χ3v) is 5.40. The maximum atomic E-state index is 12.8. The molecule has 1 unspecified atom stereocenters. The first-order valence-electron chi connectivity index (χ1n) is 7.48. The van der Waals surface area contributed by atoms with E-state index in [-0.39, 0.29) is 23.3 Å². The second-order valence-corrected chi connectivity index (χ2v) is 7.14. The fourth-order valence-electron chi connectivity index (χ4n) is 2.68. The first kappa shape index (κ1) is 16.6. The van der Waals surface area contributed by atoms with E-state index in [1.165, 1.54) is 20.3 Å². The lowest BCUT2D eigenvalue weighted by Crippen LogP contribution is -2.42. The molecule has 7 heteroatoms. The van der Waals surface area contributed by atoms with Gasteiger partial charge in [-0.3, -0.25) is 0 Å². The molecule has 0 amide bonds. The van der Waals surface area contributed by atoms with Crippen molar-refractivity contribution in [1.82, 2.24) is 4.72 Å². The fourth-order valence-corrected chi connectivity index (χ4v) is 4.09. The van der Waals surface area contributed by atoms with E-state index in [9.17, 15) is 8.42 Å². The van der Waals surface area contributed by atoms with Crippen molar-refractivity contribution in [1.29, 1.82) is 0 Å². The number of nitrogens with one attached hydrogen (secondary N) is 1. The topological polar surface area (TPSA) is 73.9 Å². The fraction of sp³-hybridized carbons (Fsp3) is 0.294. The maximum Gasteiger partial charge on any atom is 0.244 e. The molecule has 0 aromatic heterocycles. The zero-order valence-corrected chi connectivity index (χ0v) is 14.3. The Morgan fingerprint density at radius 2 is 1.92 bits per heavy atom. The number of hydrogen-bond acceptors (Lipinski definition) is 5. The van der Waals surface area contributed by atoms with E-state index < -0.39 is 10.0 Å². The molecule has 0 bridgehead atoms. The van der Waals surface area contributed by atoms with Gasteiger partial charge in [0.1, 0.15) is 28.8 Å². The van der Waals surface area contributed by atoms with Gasteiger partial charge in [0.05, 0.1) is 20.3 Å². The number of hydrogen-bond donors (Lipinski definition) is 1. The van der Waals surface area contributed by atoms with E-state index in [1.54, 1.807) is 12.1 Å². The van der Waals surface area contributed by atoms with Crippen LogP contribution in [-0.4, -0.2) is 35.3 Å². The molecule has 3 rings (SSSR count). The number of methoxy groups -OCH3 is 2. The Morgan fingerprint density at radius 1 is 1.12 bits per heavy atom. The monoisotopic (exact) mass is 349 g/mol. The molecule has 0 saturated carbocycles. The Kier molecular flexibility index (Phi) is 4.64. The Balaban J connectivity index is 1.85. The largest absolute Gasteiger partial charge is 0.497 e. The van der Waals surface area contributed by atoms with E-state index >= 15 is 0 Å². The number of rotatable bonds is 5. The van der Waals surface area contributed by atoms with Gasteiger partial charge in [0.15, 0.2) is 0 Å². The van der Waals surface area contributed by atoms with E-state index in [1.807, 2.05) is 24.3 Å². The molecule has 0 fully saturated rings. The smallest absolute Gasteiger partial charge is 0.244 e. The van der Waals surface area contributed by atoms with Crippen LogP contribution >= 0.6 is 0 Å². The second-order valence-electron chi connectivity index (χ2n) is 5.46. The van der Waals surface area contributed by atoms with Gasteiger partial charge in [-0.25, -0.2) is 13.1 Å². The molecule has 128 valence electrons. The van der Waals surface area contributed by atoms with Crippen LogP contribution in [0.4, 0.5) is 0 Å². The summed E-state index contributed by atoms with van der Waals surface area (Å²) in [5.74, 6) is 1.51. The lowest BCUT2D eigenvalue weighted by Gasteiger charge is -2.26. The highest BCUT2D eigenvalue weighted by Gasteiger charge is 2.27. The molecule has 1 aliphatic heterocycles. The number of benzene rings is 2. The maximum absolute atomic E-state index is 12.8. The summed E-state index contributed by atoms with van der Waals surface area (Å²) in [4.78, 5) is 0.0446. The molecule has 1 atom stereocenters. The lowest BCUT2D eigenvalue weighted by molar-refractivity contribution is 0.254. The SMILES string of the molecule is COc1ccc(OC)c(S(=O)(=O)NC2COc3ccccc3C2)c1. The molecule has 1 aliphatic rings. The first-order valence-corrected chi connectivity index (χ1v) is 8.97. The summed E-state index contributed by atoms with van der Waals surface area (Å²) in [5.41, 5.74) is 0.981. The summed E-state index contributed by atoms with van der Waals surface area (Å²) in [6.45, 7) is 0.280. The van der Waals surface area contributed by atoms with Gasteiger partial charge in [-0.15, -0.1) is 0 Å². The standard InChI is InChI=1S/C17H19NO5S/c1-21-14-7-8-16(22-2)17(10-14)24(19,20)18-13-9-12-5-3-4-6-15(12)23-11-13/h3-8,10,13,18H,9,11H2,1-2H3. The third kappa shape index (κ3) is 3.32. The molecule has 1 heterocycles. The normalized spacial score (nSPS) is 16.8. The van der Waals surface area contributed by atoms with Crippen LogP contribution in [0, 0.1) is 0 Å². The van der Waals surface area contributed by atoms with Crippen LogP contribution in [0.5, 0.6) is 17.2 Å². The van der Waals surface area contributed by atoms with Crippen molar-refractivity contribution in [2.24, 2.45) is 0 Å². The predicted molar refractivity (Wildman–Crippen MR) is 89.3 cm³/mol. The van der Waals surface area contributed by atoms with E-state index in [0.29, 0.717) is 12.2 Å². The van der Waals surface area contributed by atoms with Gasteiger partial charge < -0.3 is 14.2 Å². The zero-order valence-electron chi connectivity index (χ0n) is 13.5. The summed E-state index contributed by atoms with van der Waals surface area (Å²) in [6.07, 6.45) is 0.571. The van der Waals surface area contributed by atoms with Crippen molar-refractivity contribution in [3.8, 4) is 17.2 Å². The average Bonchev–Trinajstić information content (AvgIpc) is 2.60. The van der Waals surface area contributed by atoms with Gasteiger partial charge in [0, 0.05) is 6.07 Å². The van der Waals surface area contributed by atoms with E-state index in [4.69, 9.17) is 14.2 Å². The van der Waals surface area contributed by atoms with Crippen LogP contribution in [0.3, 0.4) is 0 Å². The summed E-state index contributed by atoms with van der Waals surface area (Å²) in [7, 11) is -0.858. The molecule has 0 saturated heterocycles. The van der Waals surface area contributed by atoms with Crippen LogP contribution < -0.4 is 18.9 Å². The Hall–Kier alpha value is -2.25. The quantitative estimate of drug-likeness (QED) is 0.894. The van der Waals surface area contributed by atoms with Crippen LogP contribution in [0.25, 0.3) is 0 Å².